The number of hydrogen-bond acceptors (Lipinski definition) is 6. The number of piperidine rings is 1. The molecule has 0 spiro atoms. The van der Waals surface area contributed by atoms with E-state index in [4.69, 9.17) is 16.7 Å². The number of carbonyl (C=O) groups is 1. The summed E-state index contributed by atoms with van der Waals surface area (Å²) in [6.07, 6.45) is 1.54. The van der Waals surface area contributed by atoms with Gasteiger partial charge in [-0.15, -0.1) is 0 Å². The zero-order chi connectivity index (χ0) is 15.4. The minimum absolute atomic E-state index is 0.0659. The van der Waals surface area contributed by atoms with E-state index in [1.165, 1.54) is 4.90 Å². The fourth-order valence-corrected chi connectivity index (χ4v) is 2.32. The van der Waals surface area contributed by atoms with Gasteiger partial charge in [0.25, 0.3) is 0 Å². The first-order valence-corrected chi connectivity index (χ1v) is 6.74. The predicted molar refractivity (Wildman–Crippen MR) is 74.5 cm³/mol. The highest BCUT2D eigenvalue weighted by atomic mass is 35.5. The van der Waals surface area contributed by atoms with Crippen LogP contribution < -0.4 is 5.32 Å². The van der Waals surface area contributed by atoms with Gasteiger partial charge in [-0.1, -0.05) is 0 Å². The topological polar surface area (TPSA) is 121 Å². The van der Waals surface area contributed by atoms with Gasteiger partial charge in [0.15, 0.2) is 0 Å². The number of rotatable bonds is 4. The Morgan fingerprint density at radius 2 is 2.24 bits per heavy atom. The Hall–Kier alpha value is -2.16. The van der Waals surface area contributed by atoms with E-state index in [1.54, 1.807) is 0 Å². The van der Waals surface area contributed by atoms with Crippen molar-refractivity contribution in [3.8, 4) is 0 Å². The molecule has 1 fully saturated rings. The van der Waals surface area contributed by atoms with E-state index < -0.39 is 11.0 Å². The summed E-state index contributed by atoms with van der Waals surface area (Å²) in [5, 5.41) is 22.6. The molecule has 0 saturated carbocycles. The SMILES string of the molecule is O=C(O)N1CCC(CNc2nc(Cl)ncc2[N+](=O)[O-])CC1. The minimum atomic E-state index is -0.917. The maximum atomic E-state index is 10.9. The van der Waals surface area contributed by atoms with Crippen molar-refractivity contribution in [3.05, 3.63) is 21.6 Å². The summed E-state index contributed by atoms with van der Waals surface area (Å²) in [6.45, 7) is 1.41. The Balaban J connectivity index is 1.93. The Morgan fingerprint density at radius 3 is 2.81 bits per heavy atom. The van der Waals surface area contributed by atoms with E-state index in [1.807, 2.05) is 0 Å². The van der Waals surface area contributed by atoms with Crippen LogP contribution in [0, 0.1) is 16.0 Å². The molecule has 1 aromatic heterocycles. The monoisotopic (exact) mass is 315 g/mol. The van der Waals surface area contributed by atoms with E-state index in [9.17, 15) is 14.9 Å². The number of aromatic nitrogens is 2. The molecule has 0 aromatic carbocycles. The molecular formula is C11H14ClN5O4. The van der Waals surface area contributed by atoms with Crippen LogP contribution in [0.4, 0.5) is 16.3 Å². The average molecular weight is 316 g/mol. The van der Waals surface area contributed by atoms with Gasteiger partial charge in [-0.05, 0) is 30.4 Å². The maximum Gasteiger partial charge on any atom is 0.407 e. The van der Waals surface area contributed by atoms with Gasteiger partial charge in [-0.25, -0.2) is 9.78 Å². The van der Waals surface area contributed by atoms with Crippen molar-refractivity contribution in [2.24, 2.45) is 5.92 Å². The Kier molecular flexibility index (Phi) is 4.73. The molecule has 1 aliphatic heterocycles. The normalized spacial score (nSPS) is 15.8. The quantitative estimate of drug-likeness (QED) is 0.494. The summed E-state index contributed by atoms with van der Waals surface area (Å²) < 4.78 is 0. The van der Waals surface area contributed by atoms with Gasteiger partial charge in [-0.2, -0.15) is 4.98 Å². The fourth-order valence-electron chi connectivity index (χ4n) is 2.19. The lowest BCUT2D eigenvalue weighted by molar-refractivity contribution is -0.384. The lowest BCUT2D eigenvalue weighted by Crippen LogP contribution is -2.39. The van der Waals surface area contributed by atoms with E-state index in [0.717, 1.165) is 6.20 Å². The average Bonchev–Trinajstić information content (AvgIpc) is 2.45. The van der Waals surface area contributed by atoms with Crippen LogP contribution in [-0.4, -0.2) is 50.6 Å². The molecule has 0 radical (unpaired) electrons. The zero-order valence-corrected chi connectivity index (χ0v) is 11.8. The summed E-state index contributed by atoms with van der Waals surface area (Å²) in [4.78, 5) is 29.9. The third-order valence-electron chi connectivity index (χ3n) is 3.38. The van der Waals surface area contributed by atoms with E-state index in [-0.39, 0.29) is 22.7 Å². The molecule has 2 N–H and O–H groups in total. The van der Waals surface area contributed by atoms with Gasteiger partial charge < -0.3 is 15.3 Å². The first-order chi connectivity index (χ1) is 9.97. The predicted octanol–water partition coefficient (Wildman–Crippen LogP) is 1.84. The van der Waals surface area contributed by atoms with Gasteiger partial charge >= 0.3 is 11.8 Å². The van der Waals surface area contributed by atoms with Crippen LogP contribution in [0.5, 0.6) is 0 Å². The molecular weight excluding hydrogens is 302 g/mol. The van der Waals surface area contributed by atoms with Crippen molar-refractivity contribution >= 4 is 29.2 Å². The van der Waals surface area contributed by atoms with E-state index in [2.05, 4.69) is 15.3 Å². The molecule has 10 heteroatoms. The van der Waals surface area contributed by atoms with Crippen LogP contribution in [0.2, 0.25) is 5.28 Å². The molecule has 9 nitrogen and oxygen atoms in total. The first kappa shape index (κ1) is 15.2. The first-order valence-electron chi connectivity index (χ1n) is 6.36. The number of amides is 1. The number of nitrogens with zero attached hydrogens (tertiary/aromatic N) is 4. The molecule has 21 heavy (non-hydrogen) atoms. The van der Waals surface area contributed by atoms with Crippen molar-refractivity contribution in [2.75, 3.05) is 25.0 Å². The summed E-state index contributed by atoms with van der Waals surface area (Å²) in [5.41, 5.74) is -0.234. The van der Waals surface area contributed by atoms with Gasteiger partial charge in [0.1, 0.15) is 6.20 Å². The Labute approximate surface area is 125 Å². The molecule has 1 amide bonds. The summed E-state index contributed by atoms with van der Waals surface area (Å²) in [5.74, 6) is 0.314. The second-order valence-electron chi connectivity index (χ2n) is 4.72. The van der Waals surface area contributed by atoms with Crippen LogP contribution in [0.3, 0.4) is 0 Å². The Morgan fingerprint density at radius 1 is 1.57 bits per heavy atom. The summed E-state index contributed by atoms with van der Waals surface area (Å²) in [6, 6.07) is 0. The standard InChI is InChI=1S/C11H14ClN5O4/c12-10-14-6-8(17(20)21)9(15-10)13-5-7-1-3-16(4-2-7)11(18)19/h6-7H,1-5H2,(H,18,19)(H,13,14,15). The van der Waals surface area contributed by atoms with E-state index >= 15 is 0 Å². The lowest BCUT2D eigenvalue weighted by Gasteiger charge is -2.30. The number of likely N-dealkylation sites (tertiary alicyclic amines) is 1. The smallest absolute Gasteiger partial charge is 0.407 e. The summed E-state index contributed by atoms with van der Waals surface area (Å²) >= 11 is 5.64. The number of hydrogen-bond donors (Lipinski definition) is 2. The fraction of sp³-hybridized carbons (Fsp3) is 0.545. The molecule has 0 unspecified atom stereocenters. The van der Waals surface area contributed by atoms with Gasteiger partial charge in [0, 0.05) is 19.6 Å². The molecule has 1 saturated heterocycles. The highest BCUT2D eigenvalue weighted by Crippen LogP contribution is 2.24. The maximum absolute atomic E-state index is 10.9. The zero-order valence-electron chi connectivity index (χ0n) is 11.0. The van der Waals surface area contributed by atoms with Gasteiger partial charge in [-0.3, -0.25) is 10.1 Å². The van der Waals surface area contributed by atoms with Crippen LogP contribution in [-0.2, 0) is 0 Å². The van der Waals surface area contributed by atoms with Crippen LogP contribution in [0.25, 0.3) is 0 Å². The molecule has 0 atom stereocenters. The molecule has 2 rings (SSSR count). The second kappa shape index (κ2) is 6.53. The van der Waals surface area contributed by atoms with Crippen LogP contribution in [0.15, 0.2) is 6.20 Å². The van der Waals surface area contributed by atoms with Crippen molar-refractivity contribution in [2.45, 2.75) is 12.8 Å². The third-order valence-corrected chi connectivity index (χ3v) is 3.56. The molecule has 0 aliphatic carbocycles. The highest BCUT2D eigenvalue weighted by Gasteiger charge is 2.23. The minimum Gasteiger partial charge on any atom is -0.465 e. The van der Waals surface area contributed by atoms with Crippen LogP contribution in [0.1, 0.15) is 12.8 Å². The Bertz CT molecular complexity index is 547. The van der Waals surface area contributed by atoms with Crippen molar-refractivity contribution in [3.63, 3.8) is 0 Å². The number of halogens is 1. The summed E-state index contributed by atoms with van der Waals surface area (Å²) in [7, 11) is 0. The molecule has 1 aromatic rings. The second-order valence-corrected chi connectivity index (χ2v) is 5.06. The van der Waals surface area contributed by atoms with Crippen molar-refractivity contribution in [1.82, 2.24) is 14.9 Å². The van der Waals surface area contributed by atoms with Gasteiger partial charge in [0.05, 0.1) is 4.92 Å². The van der Waals surface area contributed by atoms with Crippen molar-refractivity contribution < 1.29 is 14.8 Å². The molecule has 1 aliphatic rings. The van der Waals surface area contributed by atoms with Crippen LogP contribution >= 0.6 is 11.6 Å². The number of nitrogens with one attached hydrogen (secondary N) is 1. The number of nitro groups is 1. The highest BCUT2D eigenvalue weighted by molar-refractivity contribution is 6.28. The van der Waals surface area contributed by atoms with Crippen molar-refractivity contribution in [1.29, 1.82) is 0 Å². The lowest BCUT2D eigenvalue weighted by atomic mass is 9.97. The number of anilines is 1. The number of carboxylic acid groups (broad SMARTS) is 1. The molecule has 0 bridgehead atoms. The van der Waals surface area contributed by atoms with E-state index in [0.29, 0.717) is 32.5 Å². The molecule has 114 valence electrons. The third kappa shape index (κ3) is 3.91. The van der Waals surface area contributed by atoms with Gasteiger partial charge in [0.2, 0.25) is 11.1 Å². The largest absolute Gasteiger partial charge is 0.465 e. The molecule has 2 heterocycles.